The van der Waals surface area contributed by atoms with Crippen LogP contribution in [0.25, 0.3) is 10.9 Å². The predicted octanol–water partition coefficient (Wildman–Crippen LogP) is 5.18. The van der Waals surface area contributed by atoms with E-state index in [2.05, 4.69) is 4.98 Å². The smallest absolute Gasteiger partial charge is 0.411 e. The quantitative estimate of drug-likeness (QED) is 0.413. The summed E-state index contributed by atoms with van der Waals surface area (Å²) >= 11 is 13.1. The summed E-state index contributed by atoms with van der Waals surface area (Å²) in [4.78, 5) is 31.5. The largest absolute Gasteiger partial charge is 0.483 e. The van der Waals surface area contributed by atoms with Crippen LogP contribution in [0.4, 0.5) is 4.79 Å². The molecule has 3 atom stereocenters. The SMILES string of the molecule is COC(=O)[C@@H]1CC2(CC(Cl)c3c(c(C)nc4ccc(Cl)cc34)O2)CN1C(=O)OC(C)(C)C. The molecule has 3 heterocycles. The summed E-state index contributed by atoms with van der Waals surface area (Å²) in [6.07, 6.45) is 0.0546. The highest BCUT2D eigenvalue weighted by atomic mass is 35.5. The second-order valence-electron chi connectivity index (χ2n) is 9.41. The van der Waals surface area contributed by atoms with Crippen LogP contribution in [-0.4, -0.2) is 52.8 Å². The predicted molar refractivity (Wildman–Crippen MR) is 121 cm³/mol. The molecule has 0 aliphatic carbocycles. The van der Waals surface area contributed by atoms with E-state index in [0.717, 1.165) is 16.5 Å². The van der Waals surface area contributed by atoms with Crippen molar-refractivity contribution in [3.63, 3.8) is 0 Å². The lowest BCUT2D eigenvalue weighted by Crippen LogP contribution is -2.46. The van der Waals surface area contributed by atoms with Crippen molar-refractivity contribution >= 4 is 46.2 Å². The molecule has 1 aromatic carbocycles. The van der Waals surface area contributed by atoms with Gasteiger partial charge in [0.1, 0.15) is 23.0 Å². The minimum Gasteiger partial charge on any atom is -0.483 e. The van der Waals surface area contributed by atoms with E-state index in [1.807, 2.05) is 19.1 Å². The fourth-order valence-electron chi connectivity index (χ4n) is 4.53. The average Bonchev–Trinajstić information content (AvgIpc) is 3.05. The molecule has 1 aromatic heterocycles. The Bertz CT molecular complexity index is 1100. The summed E-state index contributed by atoms with van der Waals surface area (Å²) in [6, 6.07) is 4.64. The molecule has 0 radical (unpaired) electrons. The number of halogens is 2. The third-order valence-electron chi connectivity index (χ3n) is 5.79. The Labute approximate surface area is 196 Å². The summed E-state index contributed by atoms with van der Waals surface area (Å²) in [5.74, 6) is 0.0501. The van der Waals surface area contributed by atoms with Crippen LogP contribution in [-0.2, 0) is 14.3 Å². The first-order valence-corrected chi connectivity index (χ1v) is 11.2. The van der Waals surface area contributed by atoms with Gasteiger partial charge < -0.3 is 14.2 Å². The number of aromatic nitrogens is 1. The number of carbonyl (C=O) groups excluding carboxylic acids is 2. The van der Waals surface area contributed by atoms with Crippen LogP contribution in [0.5, 0.6) is 5.75 Å². The topological polar surface area (TPSA) is 78.0 Å². The van der Waals surface area contributed by atoms with Crippen LogP contribution in [0, 0.1) is 6.92 Å². The summed E-state index contributed by atoms with van der Waals surface area (Å²) in [5, 5.41) is 0.995. The van der Waals surface area contributed by atoms with Gasteiger partial charge in [-0.15, -0.1) is 11.6 Å². The van der Waals surface area contributed by atoms with Gasteiger partial charge in [0.15, 0.2) is 0 Å². The Balaban J connectivity index is 1.74. The van der Waals surface area contributed by atoms with Crippen LogP contribution in [0.3, 0.4) is 0 Å². The van der Waals surface area contributed by atoms with E-state index in [1.165, 1.54) is 12.0 Å². The van der Waals surface area contributed by atoms with Gasteiger partial charge in [0.05, 0.1) is 30.2 Å². The fraction of sp³-hybridized carbons (Fsp3) is 0.522. The lowest BCUT2D eigenvalue weighted by atomic mass is 9.87. The molecule has 2 aliphatic rings. The minimum atomic E-state index is -0.867. The molecule has 32 heavy (non-hydrogen) atoms. The van der Waals surface area contributed by atoms with Gasteiger partial charge in [-0.05, 0) is 45.9 Å². The molecule has 7 nitrogen and oxygen atoms in total. The van der Waals surface area contributed by atoms with Gasteiger partial charge in [0.2, 0.25) is 0 Å². The van der Waals surface area contributed by atoms with Crippen molar-refractivity contribution in [3.8, 4) is 5.75 Å². The molecule has 1 saturated heterocycles. The Morgan fingerprint density at radius 3 is 2.66 bits per heavy atom. The molecule has 1 fully saturated rings. The zero-order valence-corrected chi connectivity index (χ0v) is 20.2. The lowest BCUT2D eigenvalue weighted by molar-refractivity contribution is -0.145. The van der Waals surface area contributed by atoms with Crippen LogP contribution >= 0.6 is 23.2 Å². The zero-order chi connectivity index (χ0) is 23.4. The molecule has 9 heteroatoms. The van der Waals surface area contributed by atoms with E-state index in [0.29, 0.717) is 22.9 Å². The second-order valence-corrected chi connectivity index (χ2v) is 10.4. The highest BCUT2D eigenvalue weighted by Crippen LogP contribution is 2.51. The molecular weight excluding hydrogens is 455 g/mol. The number of aryl methyl sites for hydroxylation is 1. The summed E-state index contributed by atoms with van der Waals surface area (Å²) in [5.41, 5.74) is 0.720. The molecule has 2 unspecified atom stereocenters. The van der Waals surface area contributed by atoms with Crippen LogP contribution in [0.1, 0.15) is 50.2 Å². The second kappa shape index (κ2) is 7.96. The number of ether oxygens (including phenoxy) is 3. The van der Waals surface area contributed by atoms with E-state index in [-0.39, 0.29) is 13.0 Å². The number of methoxy groups -OCH3 is 1. The number of nitrogens with zero attached hydrogens (tertiary/aromatic N) is 2. The van der Waals surface area contributed by atoms with Gasteiger partial charge in [0, 0.05) is 28.8 Å². The number of hydrogen-bond acceptors (Lipinski definition) is 6. The fourth-order valence-corrected chi connectivity index (χ4v) is 5.20. The molecule has 2 aliphatic heterocycles. The van der Waals surface area contributed by atoms with Gasteiger partial charge in [0.25, 0.3) is 0 Å². The van der Waals surface area contributed by atoms with E-state index >= 15 is 0 Å². The van der Waals surface area contributed by atoms with Gasteiger partial charge in [-0.2, -0.15) is 0 Å². The summed E-state index contributed by atoms with van der Waals surface area (Å²) < 4.78 is 17.0. The van der Waals surface area contributed by atoms with E-state index < -0.39 is 34.7 Å². The number of alkyl halides is 1. The summed E-state index contributed by atoms with van der Waals surface area (Å²) in [7, 11) is 1.30. The third kappa shape index (κ3) is 4.08. The molecule has 1 spiro atoms. The van der Waals surface area contributed by atoms with Crippen molar-refractivity contribution < 1.29 is 23.8 Å². The Kier molecular flexibility index (Phi) is 5.70. The number of benzene rings is 1. The Morgan fingerprint density at radius 2 is 2.00 bits per heavy atom. The summed E-state index contributed by atoms with van der Waals surface area (Å²) in [6.45, 7) is 7.33. The van der Waals surface area contributed by atoms with Crippen LogP contribution < -0.4 is 4.74 Å². The average molecular weight is 481 g/mol. The molecule has 172 valence electrons. The van der Waals surface area contributed by atoms with Crippen LogP contribution in [0.2, 0.25) is 5.02 Å². The first kappa shape index (κ1) is 22.9. The normalized spacial score (nSPS) is 24.9. The van der Waals surface area contributed by atoms with Crippen molar-refractivity contribution in [2.75, 3.05) is 13.7 Å². The molecule has 1 amide bonds. The molecule has 2 aromatic rings. The number of esters is 1. The van der Waals surface area contributed by atoms with Crippen molar-refractivity contribution in [1.82, 2.24) is 9.88 Å². The van der Waals surface area contributed by atoms with E-state index in [9.17, 15) is 9.59 Å². The maximum absolute atomic E-state index is 12.9. The zero-order valence-electron chi connectivity index (χ0n) is 18.7. The van der Waals surface area contributed by atoms with Crippen molar-refractivity contribution in [1.29, 1.82) is 0 Å². The highest BCUT2D eigenvalue weighted by molar-refractivity contribution is 6.31. The molecule has 0 saturated carbocycles. The van der Waals surface area contributed by atoms with Crippen molar-refractivity contribution in [2.45, 2.75) is 63.2 Å². The maximum Gasteiger partial charge on any atom is 0.411 e. The number of rotatable bonds is 1. The first-order chi connectivity index (χ1) is 14.9. The van der Waals surface area contributed by atoms with Gasteiger partial charge in [-0.3, -0.25) is 4.90 Å². The monoisotopic (exact) mass is 480 g/mol. The van der Waals surface area contributed by atoms with E-state index in [1.54, 1.807) is 26.8 Å². The first-order valence-electron chi connectivity index (χ1n) is 10.4. The number of carbonyl (C=O) groups is 2. The number of hydrogen-bond donors (Lipinski definition) is 0. The number of pyridine rings is 1. The molecule has 0 bridgehead atoms. The number of amides is 1. The lowest BCUT2D eigenvalue weighted by Gasteiger charge is -2.38. The van der Waals surface area contributed by atoms with Crippen LogP contribution in [0.15, 0.2) is 18.2 Å². The third-order valence-corrected chi connectivity index (χ3v) is 6.40. The van der Waals surface area contributed by atoms with Crippen molar-refractivity contribution in [3.05, 3.63) is 34.5 Å². The van der Waals surface area contributed by atoms with E-state index in [4.69, 9.17) is 37.4 Å². The van der Waals surface area contributed by atoms with Gasteiger partial charge in [-0.25, -0.2) is 14.6 Å². The Hall–Kier alpha value is -2.25. The van der Waals surface area contributed by atoms with Gasteiger partial charge >= 0.3 is 12.1 Å². The minimum absolute atomic E-state index is 0.150. The van der Waals surface area contributed by atoms with Crippen molar-refractivity contribution in [2.24, 2.45) is 0 Å². The standard InChI is InChI=1S/C23H26Cl2N2O5/c1-12-19-18(14-8-13(24)6-7-16(14)26-12)15(25)9-23(31-19)10-17(20(28)30-5)27(11-23)21(29)32-22(2,3)4/h6-8,15,17H,9-11H2,1-5H3/t15?,17-,23?/m0/s1. The molecular formula is C23H26Cl2N2O5. The molecule has 0 N–H and O–H groups in total. The Morgan fingerprint density at radius 1 is 1.28 bits per heavy atom. The van der Waals surface area contributed by atoms with Gasteiger partial charge in [-0.1, -0.05) is 11.6 Å². The molecule has 4 rings (SSSR count). The maximum atomic E-state index is 12.9. The number of likely N-dealkylation sites (tertiary alicyclic amines) is 1. The number of fused-ring (bicyclic) bond motifs is 3. The highest BCUT2D eigenvalue weighted by Gasteiger charge is 2.55.